The maximum Gasteiger partial charge on any atom is 0.257 e. The molecule has 72 valence electrons. The molecule has 0 radical (unpaired) electrons. The molecular formula is C8H16F2N2. The third kappa shape index (κ3) is 9.07. The van der Waals surface area contributed by atoms with E-state index in [2.05, 4.69) is 11.7 Å². The fourth-order valence-electron chi connectivity index (χ4n) is 0.459. The molecule has 0 heterocycles. The Morgan fingerprint density at radius 1 is 1.50 bits per heavy atom. The first-order valence-electron chi connectivity index (χ1n) is 3.86. The monoisotopic (exact) mass is 178 g/mol. The highest BCUT2D eigenvalue weighted by Gasteiger charge is 2.04. The molecule has 12 heavy (non-hydrogen) atoms. The molecule has 0 saturated carbocycles. The lowest BCUT2D eigenvalue weighted by atomic mass is 10.6. The Bertz CT molecular complexity index is 124. The lowest BCUT2D eigenvalue weighted by molar-refractivity contribution is 0.110. The number of alkyl halides is 2. The maximum absolute atomic E-state index is 11.6. The van der Waals surface area contributed by atoms with Gasteiger partial charge in [-0.05, 0) is 6.92 Å². The van der Waals surface area contributed by atoms with Crippen LogP contribution in [0.5, 0.6) is 0 Å². The minimum Gasteiger partial charge on any atom is -0.268 e. The second-order valence-electron chi connectivity index (χ2n) is 1.57. The van der Waals surface area contributed by atoms with Crippen molar-refractivity contribution in [2.45, 2.75) is 27.2 Å². The van der Waals surface area contributed by atoms with Gasteiger partial charge in [-0.1, -0.05) is 20.4 Å². The van der Waals surface area contributed by atoms with E-state index in [0.29, 0.717) is 0 Å². The van der Waals surface area contributed by atoms with Gasteiger partial charge >= 0.3 is 0 Å². The molecule has 0 bridgehead atoms. The Labute approximate surface area is 72.6 Å². The number of hydrogen-bond acceptors (Lipinski definition) is 2. The van der Waals surface area contributed by atoms with Gasteiger partial charge in [0, 0.05) is 12.4 Å². The van der Waals surface area contributed by atoms with Gasteiger partial charge in [0.25, 0.3) is 6.43 Å². The predicted octanol–water partition coefficient (Wildman–Crippen LogP) is 2.73. The van der Waals surface area contributed by atoms with Gasteiger partial charge < -0.3 is 0 Å². The van der Waals surface area contributed by atoms with Crippen LogP contribution in [-0.4, -0.2) is 24.2 Å². The molecule has 0 aliphatic heterocycles. The summed E-state index contributed by atoms with van der Waals surface area (Å²) < 4.78 is 23.3. The topological polar surface area (TPSA) is 15.6 Å². The molecule has 0 spiro atoms. The maximum atomic E-state index is 11.6. The van der Waals surface area contributed by atoms with Crippen molar-refractivity contribution in [3.63, 3.8) is 0 Å². The Balaban J connectivity index is 0. The molecule has 0 saturated heterocycles. The summed E-state index contributed by atoms with van der Waals surface area (Å²) in [6, 6.07) is 0. The van der Waals surface area contributed by atoms with Crippen LogP contribution in [0.4, 0.5) is 8.78 Å². The second kappa shape index (κ2) is 10.1. The molecule has 0 aromatic heterocycles. The third-order valence-electron chi connectivity index (χ3n) is 0.800. The molecule has 0 aliphatic rings. The smallest absolute Gasteiger partial charge is 0.257 e. The van der Waals surface area contributed by atoms with Crippen LogP contribution in [0.1, 0.15) is 20.8 Å². The van der Waals surface area contributed by atoms with Gasteiger partial charge in [-0.15, -0.1) is 0 Å². The van der Waals surface area contributed by atoms with Gasteiger partial charge in [-0.2, -0.15) is 5.10 Å². The van der Waals surface area contributed by atoms with Crippen molar-refractivity contribution in [2.75, 3.05) is 6.54 Å². The lowest BCUT2D eigenvalue weighted by Gasteiger charge is -2.11. The van der Waals surface area contributed by atoms with E-state index in [1.165, 1.54) is 12.4 Å². The predicted molar refractivity (Wildman–Crippen MR) is 48.4 cm³/mol. The molecule has 0 fully saturated rings. The zero-order valence-corrected chi connectivity index (χ0v) is 7.80. The summed E-state index contributed by atoms with van der Waals surface area (Å²) in [6.07, 6.45) is 0.317. The number of hydrazone groups is 1. The first-order valence-corrected chi connectivity index (χ1v) is 3.86. The van der Waals surface area contributed by atoms with Gasteiger partial charge in [0.2, 0.25) is 0 Å². The van der Waals surface area contributed by atoms with Gasteiger partial charge in [-0.3, -0.25) is 5.01 Å². The molecule has 0 rings (SSSR count). The van der Waals surface area contributed by atoms with Crippen LogP contribution in [-0.2, 0) is 0 Å². The summed E-state index contributed by atoms with van der Waals surface area (Å²) >= 11 is 0. The van der Waals surface area contributed by atoms with Crippen molar-refractivity contribution in [1.82, 2.24) is 5.01 Å². The molecule has 0 aromatic rings. The minimum atomic E-state index is -2.37. The van der Waals surface area contributed by atoms with E-state index in [1.807, 2.05) is 13.8 Å². The normalized spacial score (nSPS) is 9.50. The summed E-state index contributed by atoms with van der Waals surface area (Å²) in [7, 11) is 0. The summed E-state index contributed by atoms with van der Waals surface area (Å²) in [6.45, 7) is 8.57. The molecule has 0 aliphatic carbocycles. The standard InChI is InChI=1S/C6H10F2N2.C2H6/c1-3-9-10(4-2)5-6(7)8;1-2/h3-4,6H,2,5H2,1H3;1-2H3/b9-3-;. The van der Waals surface area contributed by atoms with Gasteiger partial charge in [-0.25, -0.2) is 8.78 Å². The largest absolute Gasteiger partial charge is 0.268 e. The average Bonchev–Trinajstić information content (AvgIpc) is 2.07. The molecule has 0 amide bonds. The number of hydrogen-bond donors (Lipinski definition) is 0. The Morgan fingerprint density at radius 3 is 2.25 bits per heavy atom. The van der Waals surface area contributed by atoms with Crippen molar-refractivity contribution in [3.8, 4) is 0 Å². The Kier molecular flexibility index (Phi) is 11.5. The summed E-state index contributed by atoms with van der Waals surface area (Å²) in [5.74, 6) is 0. The number of rotatable bonds is 4. The van der Waals surface area contributed by atoms with E-state index in [9.17, 15) is 8.78 Å². The van der Waals surface area contributed by atoms with Gasteiger partial charge in [0.05, 0.1) is 0 Å². The van der Waals surface area contributed by atoms with Gasteiger partial charge in [0.15, 0.2) is 0 Å². The molecule has 0 aromatic carbocycles. The molecule has 2 nitrogen and oxygen atoms in total. The van der Waals surface area contributed by atoms with Crippen LogP contribution in [0.3, 0.4) is 0 Å². The number of nitrogens with zero attached hydrogens (tertiary/aromatic N) is 2. The van der Waals surface area contributed by atoms with E-state index < -0.39 is 13.0 Å². The Morgan fingerprint density at radius 2 is 2.00 bits per heavy atom. The first kappa shape index (κ1) is 13.6. The van der Waals surface area contributed by atoms with Crippen LogP contribution in [0.25, 0.3) is 0 Å². The quantitative estimate of drug-likeness (QED) is 0.477. The Hall–Kier alpha value is -0.930. The van der Waals surface area contributed by atoms with Crippen molar-refractivity contribution in [2.24, 2.45) is 5.10 Å². The van der Waals surface area contributed by atoms with Crippen molar-refractivity contribution in [1.29, 1.82) is 0 Å². The zero-order valence-electron chi connectivity index (χ0n) is 7.80. The van der Waals surface area contributed by atoms with Crippen molar-refractivity contribution >= 4 is 6.21 Å². The zero-order chi connectivity index (χ0) is 9.98. The SMILES string of the molecule is C=CN(CC(F)F)/N=C\C.CC. The van der Waals surface area contributed by atoms with Crippen LogP contribution >= 0.6 is 0 Å². The third-order valence-corrected chi connectivity index (χ3v) is 0.800. The van der Waals surface area contributed by atoms with E-state index in [-0.39, 0.29) is 0 Å². The van der Waals surface area contributed by atoms with Crippen molar-refractivity contribution in [3.05, 3.63) is 12.8 Å². The molecular weight excluding hydrogens is 162 g/mol. The molecule has 4 heteroatoms. The lowest BCUT2D eigenvalue weighted by Crippen LogP contribution is -2.17. The minimum absolute atomic E-state index is 0.395. The van der Waals surface area contributed by atoms with Crippen molar-refractivity contribution < 1.29 is 8.78 Å². The van der Waals surface area contributed by atoms with Crippen LogP contribution < -0.4 is 0 Å². The molecule has 0 N–H and O–H groups in total. The number of halogens is 2. The van der Waals surface area contributed by atoms with Crippen LogP contribution in [0.15, 0.2) is 17.9 Å². The van der Waals surface area contributed by atoms with Crippen LogP contribution in [0, 0.1) is 0 Å². The van der Waals surface area contributed by atoms with E-state index >= 15 is 0 Å². The molecule has 0 atom stereocenters. The van der Waals surface area contributed by atoms with Gasteiger partial charge in [0.1, 0.15) is 6.54 Å². The first-order chi connectivity index (χ1) is 5.70. The fraction of sp³-hybridized carbons (Fsp3) is 0.625. The summed E-state index contributed by atoms with van der Waals surface area (Å²) in [5.41, 5.74) is 0. The second-order valence-corrected chi connectivity index (χ2v) is 1.57. The fourth-order valence-corrected chi connectivity index (χ4v) is 0.459. The highest BCUT2D eigenvalue weighted by molar-refractivity contribution is 5.52. The summed E-state index contributed by atoms with van der Waals surface area (Å²) in [4.78, 5) is 0. The van der Waals surface area contributed by atoms with Crippen LogP contribution in [0.2, 0.25) is 0 Å². The van der Waals surface area contributed by atoms with E-state index in [1.54, 1.807) is 6.92 Å². The average molecular weight is 178 g/mol. The highest BCUT2D eigenvalue weighted by atomic mass is 19.3. The highest BCUT2D eigenvalue weighted by Crippen LogP contribution is 1.97. The van der Waals surface area contributed by atoms with E-state index in [0.717, 1.165) is 5.01 Å². The summed E-state index contributed by atoms with van der Waals surface area (Å²) in [5, 5.41) is 4.68. The van der Waals surface area contributed by atoms with E-state index in [4.69, 9.17) is 0 Å². The molecule has 0 unspecified atom stereocenters.